The van der Waals surface area contributed by atoms with E-state index in [0.717, 1.165) is 12.3 Å². The summed E-state index contributed by atoms with van der Waals surface area (Å²) in [7, 11) is 0. The first kappa shape index (κ1) is 14.4. The molecule has 1 aliphatic heterocycles. The molecule has 5 heteroatoms. The van der Waals surface area contributed by atoms with Gasteiger partial charge in [-0.15, -0.1) is 0 Å². The summed E-state index contributed by atoms with van der Waals surface area (Å²) in [5.74, 6) is 1.48. The Labute approximate surface area is 108 Å². The monoisotopic (exact) mass is 258 g/mol. The summed E-state index contributed by atoms with van der Waals surface area (Å²) in [4.78, 5) is 25.6. The molecule has 1 rings (SSSR count). The Bertz CT molecular complexity index is 305. The Kier molecular flexibility index (Phi) is 4.86. The van der Waals surface area contributed by atoms with E-state index in [0.29, 0.717) is 18.9 Å². The van der Waals surface area contributed by atoms with Crippen LogP contribution in [-0.2, 0) is 9.59 Å². The molecule has 1 aliphatic rings. The van der Waals surface area contributed by atoms with Crippen molar-refractivity contribution in [2.75, 3.05) is 25.1 Å². The summed E-state index contributed by atoms with van der Waals surface area (Å²) in [6.07, 6.45) is 2.47. The summed E-state index contributed by atoms with van der Waals surface area (Å²) in [5, 5.41) is 2.77. The number of hydrogen-bond donors (Lipinski definition) is 1. The highest BCUT2D eigenvalue weighted by Gasteiger charge is 2.36. The fourth-order valence-corrected chi connectivity index (χ4v) is 2.76. The van der Waals surface area contributed by atoms with Gasteiger partial charge >= 0.3 is 0 Å². The van der Waals surface area contributed by atoms with E-state index in [9.17, 15) is 9.59 Å². The molecule has 1 heterocycles. The molecule has 1 saturated heterocycles. The predicted octanol–water partition coefficient (Wildman–Crippen LogP) is 1.11. The minimum absolute atomic E-state index is 0.0244. The molecule has 4 nitrogen and oxygen atoms in total. The first-order valence-electron chi connectivity index (χ1n) is 5.96. The number of nitrogens with zero attached hydrogens (tertiary/aromatic N) is 1. The molecule has 1 atom stereocenters. The van der Waals surface area contributed by atoms with Crippen LogP contribution in [-0.4, -0.2) is 47.4 Å². The van der Waals surface area contributed by atoms with E-state index in [2.05, 4.69) is 18.5 Å². The maximum absolute atomic E-state index is 12.3. The van der Waals surface area contributed by atoms with Crippen molar-refractivity contribution in [1.29, 1.82) is 0 Å². The molecule has 17 heavy (non-hydrogen) atoms. The zero-order valence-corrected chi connectivity index (χ0v) is 11.9. The lowest BCUT2D eigenvalue weighted by atomic mass is 10.0. The van der Waals surface area contributed by atoms with Gasteiger partial charge in [-0.25, -0.2) is 0 Å². The Morgan fingerprint density at radius 1 is 1.47 bits per heavy atom. The zero-order chi connectivity index (χ0) is 13.1. The van der Waals surface area contributed by atoms with E-state index in [-0.39, 0.29) is 11.8 Å². The molecule has 0 aromatic rings. The van der Waals surface area contributed by atoms with Crippen molar-refractivity contribution in [3.05, 3.63) is 0 Å². The first-order valence-corrected chi connectivity index (χ1v) is 7.35. The molecular weight excluding hydrogens is 236 g/mol. The average Bonchev–Trinajstić information content (AvgIpc) is 2.30. The van der Waals surface area contributed by atoms with Crippen LogP contribution in [0, 0.1) is 5.92 Å². The number of rotatable bonds is 4. The second-order valence-electron chi connectivity index (χ2n) is 5.23. The van der Waals surface area contributed by atoms with Gasteiger partial charge in [-0.1, -0.05) is 6.92 Å². The predicted molar refractivity (Wildman–Crippen MR) is 71.0 cm³/mol. The summed E-state index contributed by atoms with van der Waals surface area (Å²) in [5.41, 5.74) is -0.771. The van der Waals surface area contributed by atoms with Crippen LogP contribution >= 0.6 is 11.8 Å². The van der Waals surface area contributed by atoms with Crippen LogP contribution in [0.5, 0.6) is 0 Å². The molecule has 0 aliphatic carbocycles. The molecule has 0 radical (unpaired) electrons. The van der Waals surface area contributed by atoms with E-state index in [1.54, 1.807) is 25.6 Å². The Morgan fingerprint density at radius 2 is 2.12 bits per heavy atom. The van der Waals surface area contributed by atoms with Gasteiger partial charge in [0.05, 0.1) is 0 Å². The summed E-state index contributed by atoms with van der Waals surface area (Å²) < 4.78 is 0. The molecule has 0 aromatic carbocycles. The minimum Gasteiger partial charge on any atom is -0.342 e. The number of amides is 2. The van der Waals surface area contributed by atoms with Gasteiger partial charge in [0.1, 0.15) is 5.54 Å². The van der Waals surface area contributed by atoms with Crippen LogP contribution < -0.4 is 5.32 Å². The number of nitrogens with one attached hydrogen (secondary N) is 1. The lowest BCUT2D eigenvalue weighted by molar-refractivity contribution is -0.137. The normalized spacial score (nSPS) is 22.0. The first-order chi connectivity index (χ1) is 7.86. The van der Waals surface area contributed by atoms with Gasteiger partial charge in [0.2, 0.25) is 11.8 Å². The summed E-state index contributed by atoms with van der Waals surface area (Å²) in [6.45, 7) is 6.94. The molecule has 1 fully saturated rings. The van der Waals surface area contributed by atoms with Gasteiger partial charge in [0, 0.05) is 19.5 Å². The van der Waals surface area contributed by atoms with E-state index >= 15 is 0 Å². The maximum Gasteiger partial charge on any atom is 0.247 e. The topological polar surface area (TPSA) is 49.4 Å². The minimum atomic E-state index is -0.771. The lowest BCUT2D eigenvalue weighted by Gasteiger charge is -2.30. The fraction of sp³-hybridized carbons (Fsp3) is 0.833. The highest BCUT2D eigenvalue weighted by atomic mass is 32.2. The zero-order valence-electron chi connectivity index (χ0n) is 11.1. The highest BCUT2D eigenvalue weighted by molar-refractivity contribution is 7.98. The summed E-state index contributed by atoms with van der Waals surface area (Å²) in [6, 6.07) is 0. The SMILES string of the molecule is CSCC(C)CN1CCC(=O)NC(C)(C)C1=O. The average molecular weight is 258 g/mol. The van der Waals surface area contributed by atoms with Gasteiger partial charge in [0.25, 0.3) is 0 Å². The van der Waals surface area contributed by atoms with E-state index in [1.165, 1.54) is 0 Å². The molecule has 1 unspecified atom stereocenters. The third-order valence-electron chi connectivity index (χ3n) is 2.87. The molecule has 0 aromatic heterocycles. The van der Waals surface area contributed by atoms with Gasteiger partial charge in [-0.2, -0.15) is 11.8 Å². The molecule has 0 bridgehead atoms. The standard InChI is InChI=1S/C12H22N2O2S/c1-9(8-17-4)7-14-6-5-10(15)13-12(2,3)11(14)16/h9H,5-8H2,1-4H3,(H,13,15). The quantitative estimate of drug-likeness (QED) is 0.822. The van der Waals surface area contributed by atoms with Gasteiger partial charge in [-0.3, -0.25) is 9.59 Å². The highest BCUT2D eigenvalue weighted by Crippen LogP contribution is 2.16. The van der Waals surface area contributed by atoms with Crippen molar-refractivity contribution in [2.45, 2.75) is 32.7 Å². The lowest BCUT2D eigenvalue weighted by Crippen LogP contribution is -2.53. The van der Waals surface area contributed by atoms with Crippen molar-refractivity contribution >= 4 is 23.6 Å². The second kappa shape index (κ2) is 5.76. The number of carbonyl (C=O) groups is 2. The largest absolute Gasteiger partial charge is 0.342 e. The molecule has 98 valence electrons. The van der Waals surface area contributed by atoms with Crippen molar-refractivity contribution in [3.8, 4) is 0 Å². The third kappa shape index (κ3) is 3.91. The molecule has 1 N–H and O–H groups in total. The Balaban J connectivity index is 2.71. The third-order valence-corrected chi connectivity index (χ3v) is 3.77. The molecule has 0 saturated carbocycles. The Hall–Kier alpha value is -0.710. The van der Waals surface area contributed by atoms with Gasteiger partial charge < -0.3 is 10.2 Å². The second-order valence-corrected chi connectivity index (χ2v) is 6.15. The van der Waals surface area contributed by atoms with Gasteiger partial charge in [0.15, 0.2) is 0 Å². The molecule has 0 spiro atoms. The van der Waals surface area contributed by atoms with Crippen LogP contribution in [0.4, 0.5) is 0 Å². The number of hydrogen-bond acceptors (Lipinski definition) is 3. The van der Waals surface area contributed by atoms with Crippen LogP contribution in [0.15, 0.2) is 0 Å². The van der Waals surface area contributed by atoms with Crippen molar-refractivity contribution in [3.63, 3.8) is 0 Å². The van der Waals surface area contributed by atoms with E-state index in [1.807, 2.05) is 4.90 Å². The number of carbonyl (C=O) groups excluding carboxylic acids is 2. The van der Waals surface area contributed by atoms with E-state index < -0.39 is 5.54 Å². The molecule has 2 amide bonds. The van der Waals surface area contributed by atoms with Crippen LogP contribution in [0.3, 0.4) is 0 Å². The fourth-order valence-electron chi connectivity index (χ4n) is 2.09. The van der Waals surface area contributed by atoms with E-state index in [4.69, 9.17) is 0 Å². The smallest absolute Gasteiger partial charge is 0.247 e. The number of thioether (sulfide) groups is 1. The Morgan fingerprint density at radius 3 is 2.71 bits per heavy atom. The van der Waals surface area contributed by atoms with Crippen LogP contribution in [0.1, 0.15) is 27.2 Å². The van der Waals surface area contributed by atoms with Crippen molar-refractivity contribution in [2.24, 2.45) is 5.92 Å². The summed E-state index contributed by atoms with van der Waals surface area (Å²) >= 11 is 1.78. The van der Waals surface area contributed by atoms with Crippen molar-refractivity contribution < 1.29 is 9.59 Å². The van der Waals surface area contributed by atoms with Crippen LogP contribution in [0.25, 0.3) is 0 Å². The van der Waals surface area contributed by atoms with Gasteiger partial charge in [-0.05, 0) is 31.8 Å². The van der Waals surface area contributed by atoms with Crippen LogP contribution in [0.2, 0.25) is 0 Å². The maximum atomic E-state index is 12.3. The molecular formula is C12H22N2O2S. The van der Waals surface area contributed by atoms with Crippen molar-refractivity contribution in [1.82, 2.24) is 10.2 Å².